The van der Waals surface area contributed by atoms with E-state index >= 15 is 0 Å². The molecule has 0 heterocycles. The van der Waals surface area contributed by atoms with Crippen LogP contribution in [0, 0.1) is 5.92 Å². The summed E-state index contributed by atoms with van der Waals surface area (Å²) in [6, 6.07) is 3.73. The number of methoxy groups -OCH3 is 3. The van der Waals surface area contributed by atoms with Gasteiger partial charge in [0.25, 0.3) is 0 Å². The molecule has 5 nitrogen and oxygen atoms in total. The third-order valence-corrected chi connectivity index (χ3v) is 3.12. The van der Waals surface area contributed by atoms with Crippen molar-refractivity contribution in [3.05, 3.63) is 17.7 Å². The fourth-order valence-electron chi connectivity index (χ4n) is 1.96. The lowest BCUT2D eigenvalue weighted by atomic mass is 9.99. The van der Waals surface area contributed by atoms with Crippen molar-refractivity contribution in [3.8, 4) is 17.2 Å². The number of benzene rings is 1. The second kappa shape index (κ2) is 7.86. The van der Waals surface area contributed by atoms with E-state index in [2.05, 4.69) is 0 Å². The third-order valence-electron chi connectivity index (χ3n) is 3.12. The van der Waals surface area contributed by atoms with Crippen molar-refractivity contribution in [3.63, 3.8) is 0 Å². The largest absolute Gasteiger partial charge is 0.493 e. The quantitative estimate of drug-likeness (QED) is 0.744. The summed E-state index contributed by atoms with van der Waals surface area (Å²) in [7, 11) is 4.72. The summed E-state index contributed by atoms with van der Waals surface area (Å²) in [6.07, 6.45) is 1.37. The molecule has 5 heteroatoms. The molecule has 1 rings (SSSR count). The number of ether oxygens (including phenoxy) is 3. The van der Waals surface area contributed by atoms with E-state index in [1.165, 1.54) is 0 Å². The number of hydrogen-bond donors (Lipinski definition) is 2. The van der Waals surface area contributed by atoms with Crippen molar-refractivity contribution in [2.45, 2.75) is 12.8 Å². The van der Waals surface area contributed by atoms with Gasteiger partial charge in [0.2, 0.25) is 5.75 Å². The smallest absolute Gasteiger partial charge is 0.203 e. The Balaban J connectivity index is 2.94. The lowest BCUT2D eigenvalue weighted by molar-refractivity contribution is 0.144. The number of hydrogen-bond acceptors (Lipinski definition) is 5. The molecule has 0 radical (unpaired) electrons. The van der Waals surface area contributed by atoms with Crippen LogP contribution < -0.4 is 14.2 Å². The molecule has 0 aromatic heterocycles. The van der Waals surface area contributed by atoms with E-state index < -0.39 is 0 Å². The zero-order valence-corrected chi connectivity index (χ0v) is 11.7. The second-order valence-corrected chi connectivity index (χ2v) is 4.26. The maximum atomic E-state index is 9.08. The van der Waals surface area contributed by atoms with E-state index in [0.717, 1.165) is 5.56 Å². The maximum absolute atomic E-state index is 9.08. The van der Waals surface area contributed by atoms with Gasteiger partial charge in [-0.25, -0.2) is 0 Å². The van der Waals surface area contributed by atoms with Crippen LogP contribution in [0.1, 0.15) is 12.0 Å². The van der Waals surface area contributed by atoms with Crippen LogP contribution >= 0.6 is 0 Å². The van der Waals surface area contributed by atoms with Crippen molar-refractivity contribution in [2.75, 3.05) is 34.5 Å². The Morgan fingerprint density at radius 2 is 1.58 bits per heavy atom. The molecular formula is C14H22O5. The molecule has 0 aliphatic heterocycles. The van der Waals surface area contributed by atoms with Gasteiger partial charge in [0.1, 0.15) is 0 Å². The van der Waals surface area contributed by atoms with Crippen LogP contribution in [0.15, 0.2) is 12.1 Å². The van der Waals surface area contributed by atoms with Gasteiger partial charge in [-0.3, -0.25) is 0 Å². The van der Waals surface area contributed by atoms with E-state index in [0.29, 0.717) is 30.1 Å². The highest BCUT2D eigenvalue weighted by atomic mass is 16.5. The Morgan fingerprint density at radius 3 is 2.05 bits per heavy atom. The van der Waals surface area contributed by atoms with Gasteiger partial charge in [-0.1, -0.05) is 6.07 Å². The van der Waals surface area contributed by atoms with Crippen molar-refractivity contribution >= 4 is 0 Å². The summed E-state index contributed by atoms with van der Waals surface area (Å²) >= 11 is 0. The number of aliphatic hydroxyl groups is 2. The highest BCUT2D eigenvalue weighted by Crippen LogP contribution is 2.40. The molecule has 1 aromatic rings. The van der Waals surface area contributed by atoms with Crippen LogP contribution in [0.4, 0.5) is 0 Å². The zero-order chi connectivity index (χ0) is 14.3. The van der Waals surface area contributed by atoms with Gasteiger partial charge >= 0.3 is 0 Å². The maximum Gasteiger partial charge on any atom is 0.203 e. The normalized spacial score (nSPS) is 10.6. The molecule has 108 valence electrons. The van der Waals surface area contributed by atoms with E-state index in [4.69, 9.17) is 24.4 Å². The molecule has 0 bridgehead atoms. The van der Waals surface area contributed by atoms with Crippen LogP contribution in [0.2, 0.25) is 0 Å². The molecule has 0 aliphatic rings. The minimum atomic E-state index is -0.113. The molecule has 2 N–H and O–H groups in total. The molecule has 0 amide bonds. The second-order valence-electron chi connectivity index (χ2n) is 4.26. The average Bonchev–Trinajstić information content (AvgIpc) is 2.47. The SMILES string of the molecule is COc1ccc(CCC(CO)CO)c(OC)c1OC. The first-order valence-corrected chi connectivity index (χ1v) is 6.21. The Hall–Kier alpha value is -1.46. The number of rotatable bonds is 8. The summed E-state index contributed by atoms with van der Waals surface area (Å²) < 4.78 is 15.9. The summed E-state index contributed by atoms with van der Waals surface area (Å²) in [4.78, 5) is 0. The molecule has 1 aromatic carbocycles. The summed E-state index contributed by atoms with van der Waals surface area (Å²) in [5.74, 6) is 1.70. The Kier molecular flexibility index (Phi) is 6.45. The number of aliphatic hydroxyl groups excluding tert-OH is 2. The van der Waals surface area contributed by atoms with Gasteiger partial charge in [0, 0.05) is 19.1 Å². The summed E-state index contributed by atoms with van der Waals surface area (Å²) in [5.41, 5.74) is 0.965. The predicted octanol–water partition coefficient (Wildman–Crippen LogP) is 1.25. The van der Waals surface area contributed by atoms with E-state index in [-0.39, 0.29) is 19.1 Å². The van der Waals surface area contributed by atoms with Gasteiger partial charge in [0.15, 0.2) is 11.5 Å². The van der Waals surface area contributed by atoms with Gasteiger partial charge in [-0.15, -0.1) is 0 Å². The van der Waals surface area contributed by atoms with Crippen molar-refractivity contribution in [1.29, 1.82) is 0 Å². The Bertz CT molecular complexity index is 388. The zero-order valence-electron chi connectivity index (χ0n) is 11.7. The van der Waals surface area contributed by atoms with Crippen molar-refractivity contribution < 1.29 is 24.4 Å². The van der Waals surface area contributed by atoms with E-state index in [1.54, 1.807) is 21.3 Å². The Morgan fingerprint density at radius 1 is 0.947 bits per heavy atom. The first kappa shape index (κ1) is 15.6. The first-order chi connectivity index (χ1) is 9.21. The van der Waals surface area contributed by atoms with Crippen molar-refractivity contribution in [2.24, 2.45) is 5.92 Å². The standard InChI is InChI=1S/C14H22O5/c1-17-12-7-6-11(5-4-10(8-15)9-16)13(18-2)14(12)19-3/h6-7,10,15-16H,4-5,8-9H2,1-3H3. The summed E-state index contributed by atoms with van der Waals surface area (Å²) in [5, 5.41) is 18.2. The lowest BCUT2D eigenvalue weighted by Gasteiger charge is -2.17. The van der Waals surface area contributed by atoms with Gasteiger partial charge in [-0.05, 0) is 24.5 Å². The van der Waals surface area contributed by atoms with Crippen LogP contribution in [0.25, 0.3) is 0 Å². The lowest BCUT2D eigenvalue weighted by Crippen LogP contribution is -2.12. The average molecular weight is 270 g/mol. The first-order valence-electron chi connectivity index (χ1n) is 6.21. The van der Waals surface area contributed by atoms with E-state index in [1.807, 2.05) is 12.1 Å². The monoisotopic (exact) mass is 270 g/mol. The molecular weight excluding hydrogens is 248 g/mol. The van der Waals surface area contributed by atoms with Crippen LogP contribution in [-0.2, 0) is 6.42 Å². The van der Waals surface area contributed by atoms with Crippen LogP contribution in [0.3, 0.4) is 0 Å². The minimum Gasteiger partial charge on any atom is -0.493 e. The molecule has 0 atom stereocenters. The minimum absolute atomic E-state index is 0.0217. The molecule has 19 heavy (non-hydrogen) atoms. The Labute approximate surface area is 113 Å². The van der Waals surface area contributed by atoms with Gasteiger partial charge in [0.05, 0.1) is 21.3 Å². The molecule has 0 saturated carbocycles. The molecule has 0 saturated heterocycles. The molecule has 0 unspecified atom stereocenters. The fraction of sp³-hybridized carbons (Fsp3) is 0.571. The van der Waals surface area contributed by atoms with Gasteiger partial charge in [-0.2, -0.15) is 0 Å². The van der Waals surface area contributed by atoms with Crippen molar-refractivity contribution in [1.82, 2.24) is 0 Å². The van der Waals surface area contributed by atoms with Crippen LogP contribution in [-0.4, -0.2) is 44.8 Å². The highest BCUT2D eigenvalue weighted by Gasteiger charge is 2.16. The predicted molar refractivity (Wildman–Crippen MR) is 72.1 cm³/mol. The highest BCUT2D eigenvalue weighted by molar-refractivity contribution is 5.55. The van der Waals surface area contributed by atoms with Gasteiger partial charge < -0.3 is 24.4 Å². The van der Waals surface area contributed by atoms with E-state index in [9.17, 15) is 0 Å². The molecule has 0 aliphatic carbocycles. The molecule has 0 fully saturated rings. The number of aryl methyl sites for hydroxylation is 1. The summed E-state index contributed by atoms with van der Waals surface area (Å²) in [6.45, 7) is -0.0434. The third kappa shape index (κ3) is 3.75. The fourth-order valence-corrected chi connectivity index (χ4v) is 1.96. The molecule has 0 spiro atoms. The van der Waals surface area contributed by atoms with Crippen LogP contribution in [0.5, 0.6) is 17.2 Å². The topological polar surface area (TPSA) is 68.2 Å².